The number of hydrogen-bond donors (Lipinski definition) is 1. The van der Waals surface area contributed by atoms with Gasteiger partial charge in [-0.25, -0.2) is 4.39 Å². The van der Waals surface area contributed by atoms with Gasteiger partial charge in [-0.3, -0.25) is 0 Å². The monoisotopic (exact) mass is 194 g/mol. The molecule has 0 spiro atoms. The molecule has 0 amide bonds. The summed E-state index contributed by atoms with van der Waals surface area (Å²) in [6.07, 6.45) is 2.09. The molecule has 2 rings (SSSR count). The summed E-state index contributed by atoms with van der Waals surface area (Å²) in [7, 11) is 0. The van der Waals surface area contributed by atoms with E-state index in [-0.39, 0.29) is 5.82 Å². The fourth-order valence-electron chi connectivity index (χ4n) is 1.91. The molecule has 1 atom stereocenters. The van der Waals surface area contributed by atoms with Crippen LogP contribution in [0.25, 0.3) is 0 Å². The SMILES string of the molecule is Cc1cc(F)cc([C@](C)(O)C2CC2)c1. The molecule has 0 bridgehead atoms. The minimum Gasteiger partial charge on any atom is -0.385 e. The summed E-state index contributed by atoms with van der Waals surface area (Å²) in [6.45, 7) is 3.62. The van der Waals surface area contributed by atoms with Crippen molar-refractivity contribution < 1.29 is 9.50 Å². The van der Waals surface area contributed by atoms with Gasteiger partial charge < -0.3 is 5.11 Å². The Hall–Kier alpha value is -0.890. The number of aliphatic hydroxyl groups is 1. The molecule has 14 heavy (non-hydrogen) atoms. The normalized spacial score (nSPS) is 20.6. The maximum atomic E-state index is 13.1. The molecule has 2 heteroatoms. The highest BCUT2D eigenvalue weighted by Gasteiger charge is 2.41. The van der Waals surface area contributed by atoms with Crippen LogP contribution in [0.5, 0.6) is 0 Å². The molecule has 1 aromatic carbocycles. The van der Waals surface area contributed by atoms with Gasteiger partial charge >= 0.3 is 0 Å². The average molecular weight is 194 g/mol. The standard InChI is InChI=1S/C12H15FO/c1-8-5-10(7-11(13)6-8)12(2,14)9-3-4-9/h5-7,9,14H,3-4H2,1-2H3/t12-/m1/s1. The Bertz CT molecular complexity index is 333. The molecule has 1 nitrogen and oxygen atoms in total. The fourth-order valence-corrected chi connectivity index (χ4v) is 1.91. The van der Waals surface area contributed by atoms with Crippen LogP contribution in [-0.2, 0) is 5.60 Å². The lowest BCUT2D eigenvalue weighted by Crippen LogP contribution is -2.24. The topological polar surface area (TPSA) is 20.2 Å². The van der Waals surface area contributed by atoms with Crippen LogP contribution in [-0.4, -0.2) is 5.11 Å². The quantitative estimate of drug-likeness (QED) is 0.767. The van der Waals surface area contributed by atoms with Crippen molar-refractivity contribution in [3.05, 3.63) is 35.1 Å². The molecule has 1 aliphatic rings. The van der Waals surface area contributed by atoms with Gasteiger partial charge in [-0.1, -0.05) is 6.07 Å². The van der Waals surface area contributed by atoms with E-state index in [0.717, 1.165) is 18.4 Å². The average Bonchev–Trinajstić information content (AvgIpc) is 2.83. The van der Waals surface area contributed by atoms with E-state index in [1.54, 1.807) is 6.92 Å². The number of benzene rings is 1. The second kappa shape index (κ2) is 3.06. The van der Waals surface area contributed by atoms with Gasteiger partial charge in [0.1, 0.15) is 5.82 Å². The van der Waals surface area contributed by atoms with E-state index in [4.69, 9.17) is 0 Å². The number of hydrogen-bond acceptors (Lipinski definition) is 1. The molecular formula is C12H15FO. The lowest BCUT2D eigenvalue weighted by molar-refractivity contribution is 0.0327. The highest BCUT2D eigenvalue weighted by atomic mass is 19.1. The van der Waals surface area contributed by atoms with Crippen LogP contribution in [0.3, 0.4) is 0 Å². The van der Waals surface area contributed by atoms with Crippen LogP contribution in [0.2, 0.25) is 0 Å². The third-order valence-corrected chi connectivity index (χ3v) is 3.00. The predicted molar refractivity (Wildman–Crippen MR) is 53.4 cm³/mol. The number of halogens is 1. The zero-order valence-corrected chi connectivity index (χ0v) is 8.55. The summed E-state index contributed by atoms with van der Waals surface area (Å²) in [6, 6.07) is 4.78. The molecule has 0 saturated heterocycles. The smallest absolute Gasteiger partial charge is 0.123 e. The lowest BCUT2D eigenvalue weighted by atomic mass is 9.90. The van der Waals surface area contributed by atoms with Crippen molar-refractivity contribution in [2.45, 2.75) is 32.3 Å². The predicted octanol–water partition coefficient (Wildman–Crippen LogP) is 2.75. The summed E-state index contributed by atoms with van der Waals surface area (Å²) in [5, 5.41) is 10.2. The van der Waals surface area contributed by atoms with E-state index in [2.05, 4.69) is 0 Å². The molecule has 1 saturated carbocycles. The maximum Gasteiger partial charge on any atom is 0.123 e. The van der Waals surface area contributed by atoms with Crippen molar-refractivity contribution in [2.24, 2.45) is 5.92 Å². The van der Waals surface area contributed by atoms with Crippen LogP contribution in [0.1, 0.15) is 30.9 Å². The highest BCUT2D eigenvalue weighted by Crippen LogP contribution is 2.45. The van der Waals surface area contributed by atoms with Crippen molar-refractivity contribution in [1.29, 1.82) is 0 Å². The molecule has 0 heterocycles. The van der Waals surface area contributed by atoms with Gasteiger partial charge in [-0.15, -0.1) is 0 Å². The Kier molecular flexibility index (Phi) is 2.11. The summed E-state index contributed by atoms with van der Waals surface area (Å²) in [5.41, 5.74) is 0.714. The van der Waals surface area contributed by atoms with E-state index in [1.165, 1.54) is 12.1 Å². The highest BCUT2D eigenvalue weighted by molar-refractivity contribution is 5.29. The third-order valence-electron chi connectivity index (χ3n) is 3.00. The lowest BCUT2D eigenvalue weighted by Gasteiger charge is -2.24. The largest absolute Gasteiger partial charge is 0.385 e. The minimum atomic E-state index is -0.854. The van der Waals surface area contributed by atoms with Crippen molar-refractivity contribution in [1.82, 2.24) is 0 Å². The summed E-state index contributed by atoms with van der Waals surface area (Å²) in [4.78, 5) is 0. The zero-order valence-electron chi connectivity index (χ0n) is 8.55. The van der Waals surface area contributed by atoms with Crippen molar-refractivity contribution in [3.63, 3.8) is 0 Å². The Morgan fingerprint density at radius 2 is 2.00 bits per heavy atom. The summed E-state index contributed by atoms with van der Waals surface area (Å²) >= 11 is 0. The summed E-state index contributed by atoms with van der Waals surface area (Å²) in [5.74, 6) is 0.0459. The second-order valence-corrected chi connectivity index (χ2v) is 4.44. The van der Waals surface area contributed by atoms with E-state index in [0.29, 0.717) is 11.5 Å². The van der Waals surface area contributed by atoms with E-state index < -0.39 is 5.60 Å². The van der Waals surface area contributed by atoms with E-state index in [9.17, 15) is 9.50 Å². The molecule has 1 N–H and O–H groups in total. The van der Waals surface area contributed by atoms with Crippen molar-refractivity contribution >= 4 is 0 Å². The molecule has 0 aromatic heterocycles. The van der Waals surface area contributed by atoms with Gasteiger partial charge in [0.2, 0.25) is 0 Å². The minimum absolute atomic E-state index is 0.263. The molecule has 0 aliphatic heterocycles. The molecule has 1 fully saturated rings. The molecule has 0 unspecified atom stereocenters. The molecule has 76 valence electrons. The van der Waals surface area contributed by atoms with E-state index in [1.807, 2.05) is 13.0 Å². The van der Waals surface area contributed by atoms with Crippen LogP contribution >= 0.6 is 0 Å². The molecule has 1 aliphatic carbocycles. The number of rotatable bonds is 2. The zero-order chi connectivity index (χ0) is 10.3. The molecule has 1 aromatic rings. The van der Waals surface area contributed by atoms with Crippen LogP contribution < -0.4 is 0 Å². The van der Waals surface area contributed by atoms with Gasteiger partial charge in [-0.05, 0) is 55.9 Å². The first-order valence-electron chi connectivity index (χ1n) is 5.00. The van der Waals surface area contributed by atoms with Gasteiger partial charge in [0.25, 0.3) is 0 Å². The van der Waals surface area contributed by atoms with Gasteiger partial charge in [-0.2, -0.15) is 0 Å². The van der Waals surface area contributed by atoms with Gasteiger partial charge in [0.05, 0.1) is 5.60 Å². The second-order valence-electron chi connectivity index (χ2n) is 4.44. The Morgan fingerprint density at radius 3 is 2.50 bits per heavy atom. The molecule has 0 radical (unpaired) electrons. The molecular weight excluding hydrogens is 179 g/mol. The number of aryl methyl sites for hydroxylation is 1. The van der Waals surface area contributed by atoms with Crippen LogP contribution in [0.4, 0.5) is 4.39 Å². The Morgan fingerprint density at radius 1 is 1.36 bits per heavy atom. The Labute approximate surface area is 83.6 Å². The van der Waals surface area contributed by atoms with Crippen molar-refractivity contribution in [2.75, 3.05) is 0 Å². The van der Waals surface area contributed by atoms with Crippen LogP contribution in [0, 0.1) is 18.7 Å². The van der Waals surface area contributed by atoms with Gasteiger partial charge in [0.15, 0.2) is 0 Å². The first kappa shape index (κ1) is 9.66. The fraction of sp³-hybridized carbons (Fsp3) is 0.500. The van der Waals surface area contributed by atoms with Crippen LogP contribution in [0.15, 0.2) is 18.2 Å². The first-order chi connectivity index (χ1) is 6.50. The Balaban J connectivity index is 2.39. The van der Waals surface area contributed by atoms with Crippen molar-refractivity contribution in [3.8, 4) is 0 Å². The third kappa shape index (κ3) is 1.67. The summed E-state index contributed by atoms with van der Waals surface area (Å²) < 4.78 is 13.1. The first-order valence-corrected chi connectivity index (χ1v) is 5.00. The van der Waals surface area contributed by atoms with Gasteiger partial charge in [0, 0.05) is 0 Å². The van der Waals surface area contributed by atoms with E-state index >= 15 is 0 Å². The maximum absolute atomic E-state index is 13.1.